The number of carboxylic acid groups (broad SMARTS) is 1. The van der Waals surface area contributed by atoms with Crippen molar-refractivity contribution in [2.24, 2.45) is 0 Å². The maximum Gasteiger partial charge on any atom is 0.372 e. The highest BCUT2D eigenvalue weighted by Crippen LogP contribution is 2.19. The summed E-state index contributed by atoms with van der Waals surface area (Å²) in [5, 5.41) is 12.6. The second-order valence-corrected chi connectivity index (χ2v) is 5.20. The first kappa shape index (κ1) is 13.1. The van der Waals surface area contributed by atoms with Crippen LogP contribution in [-0.4, -0.2) is 26.7 Å². The van der Waals surface area contributed by atoms with E-state index in [9.17, 15) is 4.79 Å². The van der Waals surface area contributed by atoms with Crippen molar-refractivity contribution >= 4 is 5.97 Å². The number of hydrogen-bond donors (Lipinski definition) is 2. The van der Waals surface area contributed by atoms with Crippen LogP contribution in [0.5, 0.6) is 0 Å². The van der Waals surface area contributed by atoms with Crippen molar-refractivity contribution in [1.82, 2.24) is 14.9 Å². The Hall–Kier alpha value is -1.36. The molecule has 1 saturated carbocycles. The summed E-state index contributed by atoms with van der Waals surface area (Å²) >= 11 is 0. The second kappa shape index (κ2) is 5.52. The molecule has 1 aliphatic carbocycles. The third kappa shape index (κ3) is 2.72. The molecule has 0 radical (unpaired) electrons. The summed E-state index contributed by atoms with van der Waals surface area (Å²) in [6.45, 7) is 4.66. The first-order chi connectivity index (χ1) is 8.59. The average molecular weight is 251 g/mol. The zero-order valence-corrected chi connectivity index (χ0v) is 11.0. The molecule has 1 aromatic rings. The molecular formula is C13H21N3O2. The molecule has 0 bridgehead atoms. The molecule has 0 aromatic carbocycles. The maximum atomic E-state index is 11.1. The van der Waals surface area contributed by atoms with E-state index in [1.54, 1.807) is 10.8 Å². The van der Waals surface area contributed by atoms with Crippen LogP contribution >= 0.6 is 0 Å². The van der Waals surface area contributed by atoms with Crippen LogP contribution in [0.15, 0.2) is 6.20 Å². The van der Waals surface area contributed by atoms with Gasteiger partial charge in [0.25, 0.3) is 0 Å². The molecule has 0 atom stereocenters. The Balaban J connectivity index is 2.09. The molecule has 1 fully saturated rings. The zero-order valence-electron chi connectivity index (χ0n) is 11.0. The third-order valence-electron chi connectivity index (χ3n) is 3.51. The van der Waals surface area contributed by atoms with Crippen LogP contribution in [-0.2, 0) is 6.54 Å². The molecule has 5 heteroatoms. The van der Waals surface area contributed by atoms with E-state index in [4.69, 9.17) is 5.11 Å². The van der Waals surface area contributed by atoms with Gasteiger partial charge >= 0.3 is 5.97 Å². The normalized spacial score (nSPS) is 16.6. The predicted octanol–water partition coefficient (Wildman–Crippen LogP) is 2.19. The van der Waals surface area contributed by atoms with E-state index in [1.165, 1.54) is 25.7 Å². The minimum absolute atomic E-state index is 0.110. The number of aromatic nitrogens is 2. The highest BCUT2D eigenvalue weighted by molar-refractivity contribution is 5.83. The van der Waals surface area contributed by atoms with Gasteiger partial charge in [-0.15, -0.1) is 0 Å². The maximum absolute atomic E-state index is 11.1. The quantitative estimate of drug-likeness (QED) is 0.841. The van der Waals surface area contributed by atoms with E-state index in [-0.39, 0.29) is 11.9 Å². The summed E-state index contributed by atoms with van der Waals surface area (Å²) in [5.74, 6) is -0.830. The van der Waals surface area contributed by atoms with Gasteiger partial charge in [-0.2, -0.15) is 0 Å². The molecule has 5 nitrogen and oxygen atoms in total. The Morgan fingerprint density at radius 2 is 2.22 bits per heavy atom. The van der Waals surface area contributed by atoms with Gasteiger partial charge < -0.3 is 15.0 Å². The molecule has 18 heavy (non-hydrogen) atoms. The van der Waals surface area contributed by atoms with E-state index >= 15 is 0 Å². The predicted molar refractivity (Wildman–Crippen MR) is 68.7 cm³/mol. The lowest BCUT2D eigenvalue weighted by atomic mass is 10.2. The van der Waals surface area contributed by atoms with Crippen LogP contribution in [0.1, 0.15) is 61.9 Å². The molecule has 2 rings (SSSR count). The van der Waals surface area contributed by atoms with E-state index in [1.807, 2.05) is 13.8 Å². The standard InChI is InChI=1S/C13H21N3O2/c1-9(2)16-11(8-15-12(16)13(17)18)7-14-10-5-3-4-6-10/h8-10,14H,3-7H2,1-2H3,(H,17,18). The molecule has 0 aliphatic heterocycles. The van der Waals surface area contributed by atoms with Gasteiger partial charge in [-0.1, -0.05) is 12.8 Å². The van der Waals surface area contributed by atoms with Crippen molar-refractivity contribution in [3.05, 3.63) is 17.7 Å². The fraction of sp³-hybridized carbons (Fsp3) is 0.692. The Morgan fingerprint density at radius 3 is 2.78 bits per heavy atom. The minimum atomic E-state index is -0.962. The van der Waals surface area contributed by atoms with Gasteiger partial charge in [0.2, 0.25) is 5.82 Å². The first-order valence-corrected chi connectivity index (χ1v) is 6.62. The molecule has 1 aliphatic rings. The van der Waals surface area contributed by atoms with Crippen molar-refractivity contribution in [3.63, 3.8) is 0 Å². The number of carboxylic acids is 1. The van der Waals surface area contributed by atoms with Crippen molar-refractivity contribution in [1.29, 1.82) is 0 Å². The molecule has 1 aromatic heterocycles. The Kier molecular flexibility index (Phi) is 4.01. The summed E-state index contributed by atoms with van der Waals surface area (Å²) in [6, 6.07) is 0.688. The van der Waals surface area contributed by atoms with Crippen LogP contribution in [0.2, 0.25) is 0 Å². The number of nitrogens with one attached hydrogen (secondary N) is 1. The van der Waals surface area contributed by atoms with Gasteiger partial charge in [-0.3, -0.25) is 0 Å². The largest absolute Gasteiger partial charge is 0.475 e. The van der Waals surface area contributed by atoms with E-state index in [0.717, 1.165) is 5.69 Å². The molecule has 0 spiro atoms. The van der Waals surface area contributed by atoms with Gasteiger partial charge in [0, 0.05) is 18.6 Å². The van der Waals surface area contributed by atoms with Crippen molar-refractivity contribution in [2.45, 2.75) is 58.2 Å². The first-order valence-electron chi connectivity index (χ1n) is 6.62. The van der Waals surface area contributed by atoms with Gasteiger partial charge in [0.1, 0.15) is 0 Å². The SMILES string of the molecule is CC(C)n1c(CNC2CCCC2)cnc1C(=O)O. The number of aromatic carboxylic acids is 1. The molecule has 1 heterocycles. The summed E-state index contributed by atoms with van der Waals surface area (Å²) < 4.78 is 1.80. The van der Waals surface area contributed by atoms with Crippen LogP contribution in [0.25, 0.3) is 0 Å². The Labute approximate surface area is 107 Å². The number of nitrogens with zero attached hydrogens (tertiary/aromatic N) is 2. The van der Waals surface area contributed by atoms with Gasteiger partial charge in [0.15, 0.2) is 0 Å². The number of hydrogen-bond acceptors (Lipinski definition) is 3. The Bertz CT molecular complexity index is 420. The van der Waals surface area contributed by atoms with Gasteiger partial charge in [-0.05, 0) is 26.7 Å². The number of rotatable bonds is 5. The molecule has 0 saturated heterocycles. The summed E-state index contributed by atoms with van der Waals surface area (Å²) in [4.78, 5) is 15.1. The lowest BCUT2D eigenvalue weighted by molar-refractivity contribution is 0.0676. The number of carbonyl (C=O) groups is 1. The van der Waals surface area contributed by atoms with Crippen LogP contribution < -0.4 is 5.32 Å². The summed E-state index contributed by atoms with van der Waals surface area (Å²) in [6.07, 6.45) is 6.71. The zero-order chi connectivity index (χ0) is 13.1. The molecular weight excluding hydrogens is 230 g/mol. The fourth-order valence-electron chi connectivity index (χ4n) is 2.64. The van der Waals surface area contributed by atoms with E-state index < -0.39 is 5.97 Å². The minimum Gasteiger partial charge on any atom is -0.475 e. The van der Waals surface area contributed by atoms with Crippen LogP contribution in [0, 0.1) is 0 Å². The van der Waals surface area contributed by atoms with Gasteiger partial charge in [0.05, 0.1) is 11.9 Å². The topological polar surface area (TPSA) is 67.2 Å². The fourth-order valence-corrected chi connectivity index (χ4v) is 2.64. The lowest BCUT2D eigenvalue weighted by Crippen LogP contribution is -2.27. The monoisotopic (exact) mass is 251 g/mol. The molecule has 0 unspecified atom stereocenters. The highest BCUT2D eigenvalue weighted by atomic mass is 16.4. The average Bonchev–Trinajstić information content (AvgIpc) is 2.95. The van der Waals surface area contributed by atoms with Crippen LogP contribution in [0.4, 0.5) is 0 Å². The highest BCUT2D eigenvalue weighted by Gasteiger charge is 2.19. The van der Waals surface area contributed by atoms with Crippen molar-refractivity contribution in [3.8, 4) is 0 Å². The van der Waals surface area contributed by atoms with Crippen molar-refractivity contribution < 1.29 is 9.90 Å². The summed E-state index contributed by atoms with van der Waals surface area (Å²) in [7, 11) is 0. The van der Waals surface area contributed by atoms with Crippen LogP contribution in [0.3, 0.4) is 0 Å². The summed E-state index contributed by atoms with van der Waals surface area (Å²) in [5.41, 5.74) is 0.953. The van der Waals surface area contributed by atoms with Gasteiger partial charge in [-0.25, -0.2) is 9.78 Å². The van der Waals surface area contributed by atoms with E-state index in [2.05, 4.69) is 10.3 Å². The molecule has 0 amide bonds. The van der Waals surface area contributed by atoms with Crippen molar-refractivity contribution in [2.75, 3.05) is 0 Å². The Morgan fingerprint density at radius 1 is 1.56 bits per heavy atom. The second-order valence-electron chi connectivity index (χ2n) is 5.20. The lowest BCUT2D eigenvalue weighted by Gasteiger charge is -2.16. The van der Waals surface area contributed by atoms with E-state index in [0.29, 0.717) is 12.6 Å². The smallest absolute Gasteiger partial charge is 0.372 e. The molecule has 2 N–H and O–H groups in total. The third-order valence-corrected chi connectivity index (χ3v) is 3.51. The number of imidazole rings is 1. The molecule has 100 valence electrons.